The van der Waals surface area contributed by atoms with Crippen LogP contribution in [0, 0.1) is 5.92 Å². The number of nitrogens with zero attached hydrogens (tertiary/aromatic N) is 1. The van der Waals surface area contributed by atoms with Crippen molar-refractivity contribution >= 4 is 17.8 Å². The first kappa shape index (κ1) is 24.2. The zero-order chi connectivity index (χ0) is 24.6. The summed E-state index contributed by atoms with van der Waals surface area (Å²) in [4.78, 5) is 39.8. The molecule has 3 aromatic rings. The molecule has 180 valence electrons. The Balaban J connectivity index is 1.46. The Bertz CT molecular complexity index is 1150. The van der Waals surface area contributed by atoms with Crippen molar-refractivity contribution in [2.24, 2.45) is 5.92 Å². The molecular formula is C29H30N2O4. The number of hydrogen-bond acceptors (Lipinski definition) is 4. The topological polar surface area (TPSA) is 75.7 Å². The van der Waals surface area contributed by atoms with Gasteiger partial charge in [0.25, 0.3) is 0 Å². The van der Waals surface area contributed by atoms with Crippen LogP contribution >= 0.6 is 0 Å². The minimum absolute atomic E-state index is 0.0457. The van der Waals surface area contributed by atoms with E-state index in [9.17, 15) is 14.4 Å². The summed E-state index contributed by atoms with van der Waals surface area (Å²) in [5.41, 5.74) is 3.52. The molecule has 2 unspecified atom stereocenters. The van der Waals surface area contributed by atoms with Crippen LogP contribution < -0.4 is 5.32 Å². The zero-order valence-electron chi connectivity index (χ0n) is 19.9. The van der Waals surface area contributed by atoms with Crippen molar-refractivity contribution < 1.29 is 19.1 Å². The summed E-state index contributed by atoms with van der Waals surface area (Å²) >= 11 is 0. The number of amides is 2. The van der Waals surface area contributed by atoms with Gasteiger partial charge in [0.2, 0.25) is 11.8 Å². The maximum Gasteiger partial charge on any atom is 0.337 e. The molecule has 6 nitrogen and oxygen atoms in total. The highest BCUT2D eigenvalue weighted by molar-refractivity contribution is 5.89. The molecule has 0 aliphatic carbocycles. The Morgan fingerprint density at radius 2 is 1.57 bits per heavy atom. The van der Waals surface area contributed by atoms with Gasteiger partial charge in [0.1, 0.15) is 0 Å². The van der Waals surface area contributed by atoms with Crippen molar-refractivity contribution in [3.8, 4) is 0 Å². The van der Waals surface area contributed by atoms with E-state index in [1.54, 1.807) is 12.1 Å². The first-order valence-corrected chi connectivity index (χ1v) is 11.9. The first-order chi connectivity index (χ1) is 17.1. The fraction of sp³-hybridized carbons (Fsp3) is 0.276. The Morgan fingerprint density at radius 1 is 0.914 bits per heavy atom. The summed E-state index contributed by atoms with van der Waals surface area (Å²) < 4.78 is 4.73. The lowest BCUT2D eigenvalue weighted by Gasteiger charge is -2.41. The molecule has 1 aliphatic rings. The van der Waals surface area contributed by atoms with Gasteiger partial charge in [0.05, 0.1) is 24.6 Å². The molecule has 35 heavy (non-hydrogen) atoms. The largest absolute Gasteiger partial charge is 0.465 e. The second-order valence-electron chi connectivity index (χ2n) is 8.74. The molecule has 0 spiro atoms. The number of rotatable bonds is 8. The van der Waals surface area contributed by atoms with Gasteiger partial charge in [0, 0.05) is 19.5 Å². The lowest BCUT2D eigenvalue weighted by Crippen LogP contribution is -2.48. The smallest absolute Gasteiger partial charge is 0.337 e. The highest BCUT2D eigenvalue weighted by Crippen LogP contribution is 2.38. The van der Waals surface area contributed by atoms with Crippen LogP contribution in [0.1, 0.15) is 45.9 Å². The Hall–Kier alpha value is -3.93. The first-order valence-electron chi connectivity index (χ1n) is 11.9. The van der Waals surface area contributed by atoms with Crippen LogP contribution in [0.5, 0.6) is 0 Å². The van der Waals surface area contributed by atoms with Crippen LogP contribution in [0.25, 0.3) is 0 Å². The van der Waals surface area contributed by atoms with E-state index in [4.69, 9.17) is 4.74 Å². The van der Waals surface area contributed by atoms with Crippen LogP contribution in [-0.2, 0) is 27.3 Å². The van der Waals surface area contributed by atoms with Crippen LogP contribution in [-0.4, -0.2) is 36.3 Å². The Morgan fingerprint density at radius 3 is 2.23 bits per heavy atom. The molecule has 0 saturated carbocycles. The molecule has 2 amide bonds. The predicted octanol–water partition coefficient (Wildman–Crippen LogP) is 4.31. The number of methoxy groups -OCH3 is 1. The minimum Gasteiger partial charge on any atom is -0.465 e. The Labute approximate surface area is 205 Å². The second kappa shape index (κ2) is 11.5. The van der Waals surface area contributed by atoms with E-state index in [1.807, 2.05) is 77.7 Å². The van der Waals surface area contributed by atoms with Gasteiger partial charge >= 0.3 is 5.97 Å². The van der Waals surface area contributed by atoms with E-state index >= 15 is 0 Å². The van der Waals surface area contributed by atoms with Crippen molar-refractivity contribution in [3.63, 3.8) is 0 Å². The molecule has 2 atom stereocenters. The van der Waals surface area contributed by atoms with E-state index in [0.29, 0.717) is 37.9 Å². The fourth-order valence-corrected chi connectivity index (χ4v) is 4.64. The molecule has 1 saturated heterocycles. The number of nitrogens with one attached hydrogen (secondary N) is 1. The maximum atomic E-state index is 13.3. The SMILES string of the molecule is COC(=O)c1ccc(CCNC(=O)C2CCC(=O)N(Cc3ccccc3)C2c2ccccc2)cc1. The summed E-state index contributed by atoms with van der Waals surface area (Å²) in [5, 5.41) is 3.08. The molecule has 1 fully saturated rings. The average molecular weight is 471 g/mol. The van der Waals surface area contributed by atoms with Gasteiger partial charge in [-0.1, -0.05) is 72.8 Å². The zero-order valence-corrected chi connectivity index (χ0v) is 19.9. The van der Waals surface area contributed by atoms with E-state index in [2.05, 4.69) is 5.32 Å². The number of carbonyl (C=O) groups is 3. The number of ether oxygens (including phenoxy) is 1. The summed E-state index contributed by atoms with van der Waals surface area (Å²) in [6.45, 7) is 0.941. The minimum atomic E-state index is -0.372. The van der Waals surface area contributed by atoms with E-state index < -0.39 is 0 Å². The average Bonchev–Trinajstić information content (AvgIpc) is 2.90. The van der Waals surface area contributed by atoms with Crippen molar-refractivity contribution in [2.45, 2.75) is 31.8 Å². The number of esters is 1. The highest BCUT2D eigenvalue weighted by atomic mass is 16.5. The second-order valence-corrected chi connectivity index (χ2v) is 8.74. The number of piperidine rings is 1. The number of benzene rings is 3. The van der Waals surface area contributed by atoms with Gasteiger partial charge in [-0.15, -0.1) is 0 Å². The molecule has 3 aromatic carbocycles. The number of likely N-dealkylation sites (tertiary alicyclic amines) is 1. The molecule has 0 aromatic heterocycles. The summed E-state index contributed by atoms with van der Waals surface area (Å²) in [6, 6.07) is 26.6. The van der Waals surface area contributed by atoms with Gasteiger partial charge in [-0.3, -0.25) is 9.59 Å². The number of carbonyl (C=O) groups excluding carboxylic acids is 3. The maximum absolute atomic E-state index is 13.3. The lowest BCUT2D eigenvalue weighted by molar-refractivity contribution is -0.144. The van der Waals surface area contributed by atoms with Crippen molar-refractivity contribution in [1.82, 2.24) is 10.2 Å². The van der Waals surface area contributed by atoms with E-state index in [1.165, 1.54) is 7.11 Å². The van der Waals surface area contributed by atoms with Crippen LogP contribution in [0.4, 0.5) is 0 Å². The molecule has 0 bridgehead atoms. The monoisotopic (exact) mass is 470 g/mol. The summed E-state index contributed by atoms with van der Waals surface area (Å²) in [6.07, 6.45) is 1.51. The van der Waals surface area contributed by atoms with Crippen LogP contribution in [0.3, 0.4) is 0 Å². The molecular weight excluding hydrogens is 440 g/mol. The molecule has 6 heteroatoms. The van der Waals surface area contributed by atoms with Crippen molar-refractivity contribution in [3.05, 3.63) is 107 Å². The van der Waals surface area contributed by atoms with Crippen molar-refractivity contribution in [2.75, 3.05) is 13.7 Å². The molecule has 4 rings (SSSR count). The van der Waals surface area contributed by atoms with Gasteiger partial charge in [0.15, 0.2) is 0 Å². The third kappa shape index (κ3) is 5.96. The van der Waals surface area contributed by atoms with Gasteiger partial charge in [-0.2, -0.15) is 0 Å². The van der Waals surface area contributed by atoms with Gasteiger partial charge < -0.3 is 15.0 Å². The number of hydrogen-bond donors (Lipinski definition) is 1. The standard InChI is InChI=1S/C29H30N2O4/c1-35-29(34)24-14-12-21(13-15-24)18-19-30-28(33)25-16-17-26(32)31(20-22-8-4-2-5-9-22)27(25)23-10-6-3-7-11-23/h2-15,25,27H,16-20H2,1H3,(H,30,33). The van der Waals surface area contributed by atoms with Crippen LogP contribution in [0.2, 0.25) is 0 Å². The summed E-state index contributed by atoms with van der Waals surface area (Å²) in [7, 11) is 1.36. The van der Waals surface area contributed by atoms with E-state index in [0.717, 1.165) is 16.7 Å². The molecule has 0 radical (unpaired) electrons. The van der Waals surface area contributed by atoms with E-state index in [-0.39, 0.29) is 29.7 Å². The normalized spacial score (nSPS) is 17.6. The lowest BCUT2D eigenvalue weighted by atomic mass is 9.83. The van der Waals surface area contributed by atoms with Gasteiger partial charge in [-0.05, 0) is 41.7 Å². The predicted molar refractivity (Wildman–Crippen MR) is 133 cm³/mol. The third-order valence-electron chi connectivity index (χ3n) is 6.47. The summed E-state index contributed by atoms with van der Waals surface area (Å²) in [5.74, 6) is -0.683. The molecule has 1 N–H and O–H groups in total. The van der Waals surface area contributed by atoms with Gasteiger partial charge in [-0.25, -0.2) is 4.79 Å². The van der Waals surface area contributed by atoms with Crippen LogP contribution in [0.15, 0.2) is 84.9 Å². The highest BCUT2D eigenvalue weighted by Gasteiger charge is 2.40. The molecule has 1 heterocycles. The van der Waals surface area contributed by atoms with Crippen molar-refractivity contribution in [1.29, 1.82) is 0 Å². The quantitative estimate of drug-likeness (QED) is 0.498. The Kier molecular flexibility index (Phi) is 7.93. The fourth-order valence-electron chi connectivity index (χ4n) is 4.64. The molecule has 1 aliphatic heterocycles. The third-order valence-corrected chi connectivity index (χ3v) is 6.47.